The zero-order valence-corrected chi connectivity index (χ0v) is 10.0. The number of rotatable bonds is 5. The lowest BCUT2D eigenvalue weighted by Crippen LogP contribution is -2.02. The van der Waals surface area contributed by atoms with Crippen molar-refractivity contribution in [2.45, 2.75) is 11.3 Å². The first-order valence-corrected chi connectivity index (χ1v) is 6.46. The molecule has 0 fully saturated rings. The van der Waals surface area contributed by atoms with Crippen LogP contribution in [-0.2, 0) is 6.42 Å². The summed E-state index contributed by atoms with van der Waals surface area (Å²) < 4.78 is 0. The van der Waals surface area contributed by atoms with Gasteiger partial charge in [-0.15, -0.1) is 11.8 Å². The summed E-state index contributed by atoms with van der Waals surface area (Å²) in [7, 11) is 0. The second kappa shape index (κ2) is 5.39. The molecule has 86 valence electrons. The molecule has 1 aromatic carbocycles. The standard InChI is InChI=1S/C12H17N3S/c13-4-3-9-8-15-12-2-1-10(7-11(9)12)16-6-5-14/h1-2,7-8,15H,3-6,13-14H2. The molecule has 4 heteroatoms. The van der Waals surface area contributed by atoms with E-state index in [9.17, 15) is 0 Å². The Morgan fingerprint density at radius 1 is 1.19 bits per heavy atom. The van der Waals surface area contributed by atoms with E-state index in [1.807, 2.05) is 0 Å². The summed E-state index contributed by atoms with van der Waals surface area (Å²) in [6, 6.07) is 6.47. The Kier molecular flexibility index (Phi) is 3.88. The molecule has 0 aliphatic heterocycles. The van der Waals surface area contributed by atoms with Crippen molar-refractivity contribution in [3.8, 4) is 0 Å². The van der Waals surface area contributed by atoms with Gasteiger partial charge in [0.2, 0.25) is 0 Å². The third kappa shape index (κ3) is 2.40. The number of hydrogen-bond acceptors (Lipinski definition) is 3. The van der Waals surface area contributed by atoms with E-state index in [0.717, 1.165) is 12.2 Å². The molecule has 0 saturated heterocycles. The van der Waals surface area contributed by atoms with Crippen LogP contribution in [0.15, 0.2) is 29.3 Å². The van der Waals surface area contributed by atoms with E-state index in [4.69, 9.17) is 11.5 Å². The molecule has 0 atom stereocenters. The molecule has 0 aliphatic carbocycles. The van der Waals surface area contributed by atoms with Crippen LogP contribution in [0.1, 0.15) is 5.56 Å². The fraction of sp³-hybridized carbons (Fsp3) is 0.333. The number of nitrogens with one attached hydrogen (secondary N) is 1. The fourth-order valence-electron chi connectivity index (χ4n) is 1.79. The van der Waals surface area contributed by atoms with Crippen LogP contribution in [0.2, 0.25) is 0 Å². The highest BCUT2D eigenvalue weighted by atomic mass is 32.2. The Hall–Kier alpha value is -0.970. The average Bonchev–Trinajstić information content (AvgIpc) is 2.70. The van der Waals surface area contributed by atoms with E-state index < -0.39 is 0 Å². The highest BCUT2D eigenvalue weighted by molar-refractivity contribution is 7.99. The molecular formula is C12H17N3S. The van der Waals surface area contributed by atoms with Crippen LogP contribution in [0.25, 0.3) is 10.9 Å². The third-order valence-corrected chi connectivity index (χ3v) is 3.57. The molecule has 0 spiro atoms. The predicted octanol–water partition coefficient (Wildman–Crippen LogP) is 1.72. The van der Waals surface area contributed by atoms with Gasteiger partial charge in [-0.1, -0.05) is 0 Å². The molecule has 0 saturated carbocycles. The van der Waals surface area contributed by atoms with Crippen LogP contribution in [-0.4, -0.2) is 23.8 Å². The van der Waals surface area contributed by atoms with E-state index >= 15 is 0 Å². The number of hydrogen-bond donors (Lipinski definition) is 3. The summed E-state index contributed by atoms with van der Waals surface area (Å²) in [5.74, 6) is 0.960. The maximum atomic E-state index is 5.59. The van der Waals surface area contributed by atoms with E-state index in [1.165, 1.54) is 21.4 Å². The average molecular weight is 235 g/mol. The van der Waals surface area contributed by atoms with Gasteiger partial charge in [-0.05, 0) is 36.7 Å². The zero-order valence-electron chi connectivity index (χ0n) is 9.20. The lowest BCUT2D eigenvalue weighted by Gasteiger charge is -2.01. The van der Waals surface area contributed by atoms with Gasteiger partial charge in [0.15, 0.2) is 0 Å². The van der Waals surface area contributed by atoms with E-state index in [2.05, 4.69) is 29.4 Å². The molecule has 2 aromatic rings. The summed E-state index contributed by atoms with van der Waals surface area (Å²) in [5, 5.41) is 1.28. The molecule has 0 amide bonds. The zero-order chi connectivity index (χ0) is 11.4. The monoisotopic (exact) mass is 235 g/mol. The molecule has 0 radical (unpaired) electrons. The van der Waals surface area contributed by atoms with E-state index in [1.54, 1.807) is 11.8 Å². The van der Waals surface area contributed by atoms with Crippen LogP contribution < -0.4 is 11.5 Å². The number of H-pyrrole nitrogens is 1. The Bertz CT molecular complexity index is 464. The van der Waals surface area contributed by atoms with Crippen molar-refractivity contribution in [3.63, 3.8) is 0 Å². The first-order valence-electron chi connectivity index (χ1n) is 5.48. The Labute approximate surface area is 99.6 Å². The van der Waals surface area contributed by atoms with Gasteiger partial charge in [0.25, 0.3) is 0 Å². The number of benzene rings is 1. The van der Waals surface area contributed by atoms with Gasteiger partial charge in [0, 0.05) is 34.3 Å². The number of nitrogens with two attached hydrogens (primary N) is 2. The number of aromatic nitrogens is 1. The minimum absolute atomic E-state index is 0.688. The minimum Gasteiger partial charge on any atom is -0.361 e. The van der Waals surface area contributed by atoms with Gasteiger partial charge in [0.05, 0.1) is 0 Å². The van der Waals surface area contributed by atoms with Crippen molar-refractivity contribution in [2.75, 3.05) is 18.8 Å². The van der Waals surface area contributed by atoms with Gasteiger partial charge in [-0.25, -0.2) is 0 Å². The van der Waals surface area contributed by atoms with Crippen molar-refractivity contribution in [2.24, 2.45) is 11.5 Å². The SMILES string of the molecule is NCCSc1ccc2[nH]cc(CCN)c2c1. The molecule has 1 aromatic heterocycles. The van der Waals surface area contributed by atoms with Gasteiger partial charge in [-0.3, -0.25) is 0 Å². The minimum atomic E-state index is 0.688. The fourth-order valence-corrected chi connectivity index (χ4v) is 2.51. The number of thioether (sulfide) groups is 1. The molecular weight excluding hydrogens is 218 g/mol. The lowest BCUT2D eigenvalue weighted by atomic mass is 10.1. The highest BCUT2D eigenvalue weighted by Crippen LogP contribution is 2.25. The highest BCUT2D eigenvalue weighted by Gasteiger charge is 2.04. The molecule has 1 heterocycles. The summed E-state index contributed by atoms with van der Waals surface area (Å²) >= 11 is 1.80. The van der Waals surface area contributed by atoms with Crippen LogP contribution >= 0.6 is 11.8 Å². The first kappa shape index (κ1) is 11.5. The van der Waals surface area contributed by atoms with Gasteiger partial charge >= 0.3 is 0 Å². The topological polar surface area (TPSA) is 67.8 Å². The molecule has 3 nitrogen and oxygen atoms in total. The van der Waals surface area contributed by atoms with Crippen LogP contribution in [0.4, 0.5) is 0 Å². The first-order chi connectivity index (χ1) is 7.85. The van der Waals surface area contributed by atoms with Gasteiger partial charge in [0.1, 0.15) is 0 Å². The Morgan fingerprint density at radius 2 is 2.06 bits per heavy atom. The van der Waals surface area contributed by atoms with Crippen LogP contribution in [0.5, 0.6) is 0 Å². The summed E-state index contributed by atoms with van der Waals surface area (Å²) in [6.45, 7) is 1.40. The lowest BCUT2D eigenvalue weighted by molar-refractivity contribution is 0.976. The van der Waals surface area contributed by atoms with E-state index in [0.29, 0.717) is 13.1 Å². The molecule has 0 bridgehead atoms. The van der Waals surface area contributed by atoms with Crippen LogP contribution in [0.3, 0.4) is 0 Å². The molecule has 0 aliphatic rings. The Morgan fingerprint density at radius 3 is 2.81 bits per heavy atom. The second-order valence-corrected chi connectivity index (χ2v) is 4.87. The maximum absolute atomic E-state index is 5.59. The smallest absolute Gasteiger partial charge is 0.0457 e. The molecule has 0 unspecified atom stereocenters. The normalized spacial score (nSPS) is 11.1. The summed E-state index contributed by atoms with van der Waals surface area (Å²) in [5.41, 5.74) is 13.6. The Balaban J connectivity index is 2.30. The summed E-state index contributed by atoms with van der Waals surface area (Å²) in [6.07, 6.45) is 2.97. The van der Waals surface area contributed by atoms with E-state index in [-0.39, 0.29) is 0 Å². The largest absolute Gasteiger partial charge is 0.361 e. The maximum Gasteiger partial charge on any atom is 0.0457 e. The van der Waals surface area contributed by atoms with Crippen LogP contribution in [0, 0.1) is 0 Å². The number of aromatic amines is 1. The predicted molar refractivity (Wildman–Crippen MR) is 70.8 cm³/mol. The molecule has 2 rings (SSSR count). The van der Waals surface area contributed by atoms with Crippen molar-refractivity contribution >= 4 is 22.7 Å². The molecule has 16 heavy (non-hydrogen) atoms. The van der Waals surface area contributed by atoms with Gasteiger partial charge < -0.3 is 16.5 Å². The van der Waals surface area contributed by atoms with Gasteiger partial charge in [-0.2, -0.15) is 0 Å². The van der Waals surface area contributed by atoms with Crippen molar-refractivity contribution < 1.29 is 0 Å². The number of fused-ring (bicyclic) bond motifs is 1. The molecule has 5 N–H and O–H groups in total. The second-order valence-electron chi connectivity index (χ2n) is 3.70. The van der Waals surface area contributed by atoms with Crippen molar-refractivity contribution in [1.29, 1.82) is 0 Å². The summed E-state index contributed by atoms with van der Waals surface area (Å²) in [4.78, 5) is 4.54. The third-order valence-electron chi connectivity index (χ3n) is 2.54. The van der Waals surface area contributed by atoms with Crippen molar-refractivity contribution in [3.05, 3.63) is 30.0 Å². The quantitative estimate of drug-likeness (QED) is 0.691. The van der Waals surface area contributed by atoms with Crippen molar-refractivity contribution in [1.82, 2.24) is 4.98 Å².